The third-order valence-electron chi connectivity index (χ3n) is 4.48. The fourth-order valence-corrected chi connectivity index (χ4v) is 5.17. The van der Waals surface area contributed by atoms with Crippen LogP contribution in [0.5, 0.6) is 0 Å². The van der Waals surface area contributed by atoms with E-state index in [-0.39, 0.29) is 10.8 Å². The van der Waals surface area contributed by atoms with Crippen LogP contribution < -0.4 is 5.32 Å². The lowest BCUT2D eigenvalue weighted by Gasteiger charge is -2.20. The van der Waals surface area contributed by atoms with Crippen molar-refractivity contribution >= 4 is 33.4 Å². The number of rotatable bonds is 8. The predicted octanol–water partition coefficient (Wildman–Crippen LogP) is 2.58. The number of amides is 1. The maximum Gasteiger partial charge on any atom is 0.243 e. The summed E-state index contributed by atoms with van der Waals surface area (Å²) in [6.45, 7) is 9.73. The Kier molecular flexibility index (Phi) is 7.24. The highest BCUT2D eigenvalue weighted by molar-refractivity contribution is 8.00. The van der Waals surface area contributed by atoms with Crippen LogP contribution in [0.1, 0.15) is 32.2 Å². The van der Waals surface area contributed by atoms with Crippen molar-refractivity contribution in [2.75, 3.05) is 18.4 Å². The van der Waals surface area contributed by atoms with Gasteiger partial charge in [0.05, 0.1) is 10.1 Å². The second-order valence-electron chi connectivity index (χ2n) is 6.41. The summed E-state index contributed by atoms with van der Waals surface area (Å²) < 4.78 is 28.9. The highest BCUT2D eigenvalue weighted by atomic mass is 32.2. The molecular weight excluding hydrogens is 398 g/mol. The molecular formula is C18H27N5O3S2. The van der Waals surface area contributed by atoms with Crippen molar-refractivity contribution in [3.8, 4) is 0 Å². The predicted molar refractivity (Wildman–Crippen MR) is 111 cm³/mol. The third kappa shape index (κ3) is 4.73. The van der Waals surface area contributed by atoms with Gasteiger partial charge in [0.25, 0.3) is 0 Å². The molecule has 0 saturated carbocycles. The van der Waals surface area contributed by atoms with Crippen molar-refractivity contribution in [3.05, 3.63) is 29.6 Å². The molecule has 1 heterocycles. The van der Waals surface area contributed by atoms with E-state index in [9.17, 15) is 13.2 Å². The zero-order valence-electron chi connectivity index (χ0n) is 17.1. The van der Waals surface area contributed by atoms with Gasteiger partial charge in [-0.05, 0) is 38.5 Å². The Hall–Kier alpha value is -1.91. The summed E-state index contributed by atoms with van der Waals surface area (Å²) >= 11 is 1.29. The summed E-state index contributed by atoms with van der Waals surface area (Å²) in [7, 11) is -1.77. The van der Waals surface area contributed by atoms with Crippen molar-refractivity contribution < 1.29 is 13.2 Å². The van der Waals surface area contributed by atoms with Crippen LogP contribution in [-0.4, -0.2) is 51.7 Å². The Balaban J connectivity index is 2.20. The summed E-state index contributed by atoms with van der Waals surface area (Å²) in [4.78, 5) is 12.8. The van der Waals surface area contributed by atoms with Crippen LogP contribution in [-0.2, 0) is 21.9 Å². The Bertz CT molecular complexity index is 952. The SMILES string of the molecule is CCN(CC)S(=O)(=O)c1cc(NC(=O)[C@@H](C)Sc2nnc(C)n2C)ccc1C. The summed E-state index contributed by atoms with van der Waals surface area (Å²) in [6, 6.07) is 4.93. The zero-order valence-corrected chi connectivity index (χ0v) is 18.7. The van der Waals surface area contributed by atoms with Crippen LogP contribution in [0.25, 0.3) is 0 Å². The Labute approximate surface area is 170 Å². The molecule has 0 aliphatic heterocycles. The average molecular weight is 426 g/mol. The first kappa shape index (κ1) is 22.4. The van der Waals surface area contributed by atoms with Crippen LogP contribution in [0.2, 0.25) is 0 Å². The van der Waals surface area contributed by atoms with E-state index in [1.165, 1.54) is 22.1 Å². The molecule has 154 valence electrons. The molecule has 0 fully saturated rings. The molecule has 1 amide bonds. The number of aromatic nitrogens is 3. The molecule has 0 radical (unpaired) electrons. The number of hydrogen-bond acceptors (Lipinski definition) is 6. The zero-order chi connectivity index (χ0) is 21.1. The number of anilines is 1. The molecule has 0 bridgehead atoms. The fourth-order valence-electron chi connectivity index (χ4n) is 2.60. The fraction of sp³-hybridized carbons (Fsp3) is 0.500. The summed E-state index contributed by atoms with van der Waals surface area (Å²) in [5.74, 6) is 0.528. The second-order valence-corrected chi connectivity index (χ2v) is 9.62. The minimum atomic E-state index is -3.61. The number of carbonyl (C=O) groups excluding carboxylic acids is 1. The quantitative estimate of drug-likeness (QED) is 0.653. The van der Waals surface area contributed by atoms with Gasteiger partial charge in [-0.1, -0.05) is 31.7 Å². The molecule has 0 aliphatic carbocycles. The first-order valence-corrected chi connectivity index (χ1v) is 11.4. The van der Waals surface area contributed by atoms with E-state index in [0.29, 0.717) is 29.5 Å². The first-order valence-electron chi connectivity index (χ1n) is 9.06. The highest BCUT2D eigenvalue weighted by Crippen LogP contribution is 2.26. The Morgan fingerprint density at radius 1 is 1.25 bits per heavy atom. The van der Waals surface area contributed by atoms with Crippen LogP contribution in [0.15, 0.2) is 28.3 Å². The van der Waals surface area contributed by atoms with Crippen LogP contribution in [0.4, 0.5) is 5.69 Å². The van der Waals surface area contributed by atoms with Crippen LogP contribution in [0, 0.1) is 13.8 Å². The molecule has 0 saturated heterocycles. The molecule has 8 nitrogen and oxygen atoms in total. The van der Waals surface area contributed by atoms with Crippen molar-refractivity contribution in [1.29, 1.82) is 0 Å². The first-order chi connectivity index (χ1) is 13.1. The smallest absolute Gasteiger partial charge is 0.243 e. The molecule has 10 heteroatoms. The normalized spacial score (nSPS) is 13.0. The van der Waals surface area contributed by atoms with Gasteiger partial charge in [-0.3, -0.25) is 4.79 Å². The lowest BCUT2D eigenvalue weighted by molar-refractivity contribution is -0.115. The molecule has 0 unspecified atom stereocenters. The third-order valence-corrected chi connectivity index (χ3v) is 7.81. The van der Waals surface area contributed by atoms with Gasteiger partial charge >= 0.3 is 0 Å². The molecule has 28 heavy (non-hydrogen) atoms. The molecule has 0 aliphatic rings. The molecule has 1 atom stereocenters. The number of nitrogens with one attached hydrogen (secondary N) is 1. The van der Waals surface area contributed by atoms with Crippen LogP contribution in [0.3, 0.4) is 0 Å². The van der Waals surface area contributed by atoms with E-state index < -0.39 is 15.3 Å². The van der Waals surface area contributed by atoms with E-state index >= 15 is 0 Å². The molecule has 1 aromatic carbocycles. The van der Waals surface area contributed by atoms with Crippen molar-refractivity contribution in [2.45, 2.75) is 49.9 Å². The topological polar surface area (TPSA) is 97.2 Å². The van der Waals surface area contributed by atoms with Gasteiger partial charge in [0.1, 0.15) is 5.82 Å². The van der Waals surface area contributed by atoms with E-state index in [1.807, 2.05) is 18.5 Å². The molecule has 2 aromatic rings. The number of thioether (sulfide) groups is 1. The van der Waals surface area contributed by atoms with Gasteiger partial charge in [0.15, 0.2) is 5.16 Å². The van der Waals surface area contributed by atoms with Gasteiger partial charge in [-0.2, -0.15) is 4.31 Å². The Morgan fingerprint density at radius 3 is 2.43 bits per heavy atom. The standard InChI is InChI=1S/C18H27N5O3S2/c1-7-23(8-2)28(25,26)16-11-15(10-9-12(16)3)19-17(24)13(4)27-18-21-20-14(5)22(18)6/h9-11,13H,7-8H2,1-6H3,(H,19,24)/t13-/m1/s1. The van der Waals surface area contributed by atoms with Gasteiger partial charge in [0, 0.05) is 25.8 Å². The van der Waals surface area contributed by atoms with Crippen LogP contribution >= 0.6 is 11.8 Å². The van der Waals surface area contributed by atoms with Crippen molar-refractivity contribution in [1.82, 2.24) is 19.1 Å². The molecule has 1 N–H and O–H groups in total. The summed E-state index contributed by atoms with van der Waals surface area (Å²) in [6.07, 6.45) is 0. The number of hydrogen-bond donors (Lipinski definition) is 1. The lowest BCUT2D eigenvalue weighted by Crippen LogP contribution is -2.31. The van der Waals surface area contributed by atoms with E-state index in [4.69, 9.17) is 0 Å². The summed E-state index contributed by atoms with van der Waals surface area (Å²) in [5.41, 5.74) is 1.09. The summed E-state index contributed by atoms with van der Waals surface area (Å²) in [5, 5.41) is 11.1. The van der Waals surface area contributed by atoms with E-state index in [2.05, 4.69) is 15.5 Å². The number of carbonyl (C=O) groups is 1. The number of sulfonamides is 1. The molecule has 0 spiro atoms. The number of aryl methyl sites for hydroxylation is 2. The molecule has 1 aromatic heterocycles. The van der Waals surface area contributed by atoms with E-state index in [1.54, 1.807) is 39.8 Å². The lowest BCUT2D eigenvalue weighted by atomic mass is 10.2. The van der Waals surface area contributed by atoms with Gasteiger partial charge in [-0.15, -0.1) is 10.2 Å². The van der Waals surface area contributed by atoms with E-state index in [0.717, 1.165) is 5.82 Å². The maximum absolute atomic E-state index is 12.9. The average Bonchev–Trinajstić information content (AvgIpc) is 2.95. The van der Waals surface area contributed by atoms with Gasteiger partial charge in [-0.25, -0.2) is 8.42 Å². The van der Waals surface area contributed by atoms with Gasteiger partial charge in [0.2, 0.25) is 15.9 Å². The maximum atomic E-state index is 12.9. The van der Waals surface area contributed by atoms with Crippen molar-refractivity contribution in [2.24, 2.45) is 7.05 Å². The van der Waals surface area contributed by atoms with Crippen molar-refractivity contribution in [3.63, 3.8) is 0 Å². The number of nitrogens with zero attached hydrogens (tertiary/aromatic N) is 4. The largest absolute Gasteiger partial charge is 0.325 e. The van der Waals surface area contributed by atoms with Gasteiger partial charge < -0.3 is 9.88 Å². The monoisotopic (exact) mass is 425 g/mol. The second kappa shape index (κ2) is 9.06. The minimum absolute atomic E-state index is 0.207. The highest BCUT2D eigenvalue weighted by Gasteiger charge is 2.25. The Morgan fingerprint density at radius 2 is 1.89 bits per heavy atom. The minimum Gasteiger partial charge on any atom is -0.325 e. The molecule has 2 rings (SSSR count). The number of benzene rings is 1.